The van der Waals surface area contributed by atoms with Crippen molar-refractivity contribution in [2.24, 2.45) is 0 Å². The van der Waals surface area contributed by atoms with Gasteiger partial charge in [-0.2, -0.15) is 0 Å². The van der Waals surface area contributed by atoms with Gasteiger partial charge in [0.25, 0.3) is 0 Å². The molecule has 0 saturated heterocycles. The van der Waals surface area contributed by atoms with E-state index < -0.39 is 0 Å². The van der Waals surface area contributed by atoms with Gasteiger partial charge in [-0.25, -0.2) is 4.98 Å². The standard InChI is InChI=1S/C17H15BrN2O/c1-19-11-14-3-2-8-20-17(14)21-16-7-5-12-9-15(18)6-4-13(12)10-16/h2-10,19H,11H2,1H3. The highest BCUT2D eigenvalue weighted by Crippen LogP contribution is 2.28. The number of pyridine rings is 1. The molecule has 3 nitrogen and oxygen atoms in total. The van der Waals surface area contributed by atoms with Gasteiger partial charge in [-0.05, 0) is 48.2 Å². The molecule has 21 heavy (non-hydrogen) atoms. The van der Waals surface area contributed by atoms with Crippen molar-refractivity contribution in [1.29, 1.82) is 0 Å². The zero-order valence-corrected chi connectivity index (χ0v) is 13.2. The number of rotatable bonds is 4. The van der Waals surface area contributed by atoms with Crippen LogP contribution >= 0.6 is 15.9 Å². The molecule has 0 atom stereocenters. The molecule has 0 spiro atoms. The quantitative estimate of drug-likeness (QED) is 0.757. The number of hydrogen-bond donors (Lipinski definition) is 1. The fraction of sp³-hybridized carbons (Fsp3) is 0.118. The molecule has 0 amide bonds. The molecule has 0 radical (unpaired) electrons. The van der Waals surface area contributed by atoms with Gasteiger partial charge in [0.15, 0.2) is 0 Å². The van der Waals surface area contributed by atoms with E-state index in [1.165, 1.54) is 5.39 Å². The van der Waals surface area contributed by atoms with Crippen molar-refractivity contribution in [3.8, 4) is 11.6 Å². The fourth-order valence-electron chi connectivity index (χ4n) is 2.21. The molecule has 2 aromatic carbocycles. The lowest BCUT2D eigenvalue weighted by Gasteiger charge is -2.10. The largest absolute Gasteiger partial charge is 0.439 e. The van der Waals surface area contributed by atoms with Crippen LogP contribution in [0.1, 0.15) is 5.56 Å². The van der Waals surface area contributed by atoms with E-state index in [1.54, 1.807) is 6.20 Å². The normalized spacial score (nSPS) is 10.8. The molecular weight excluding hydrogens is 328 g/mol. The van der Waals surface area contributed by atoms with E-state index in [9.17, 15) is 0 Å². The van der Waals surface area contributed by atoms with Gasteiger partial charge in [0, 0.05) is 22.8 Å². The van der Waals surface area contributed by atoms with Crippen LogP contribution in [0.3, 0.4) is 0 Å². The Kier molecular flexibility index (Phi) is 4.18. The van der Waals surface area contributed by atoms with Crippen LogP contribution in [0.5, 0.6) is 11.6 Å². The summed E-state index contributed by atoms with van der Waals surface area (Å²) in [7, 11) is 1.91. The summed E-state index contributed by atoms with van der Waals surface area (Å²) in [5.74, 6) is 1.43. The predicted molar refractivity (Wildman–Crippen MR) is 88.7 cm³/mol. The van der Waals surface area contributed by atoms with Gasteiger partial charge in [-0.15, -0.1) is 0 Å². The Labute approximate surface area is 132 Å². The van der Waals surface area contributed by atoms with E-state index in [4.69, 9.17) is 4.74 Å². The second-order valence-electron chi connectivity index (χ2n) is 4.75. The summed E-state index contributed by atoms with van der Waals surface area (Å²) < 4.78 is 7.01. The highest BCUT2D eigenvalue weighted by molar-refractivity contribution is 9.10. The molecule has 0 aliphatic heterocycles. The van der Waals surface area contributed by atoms with Gasteiger partial charge in [0.05, 0.1) is 0 Å². The molecular formula is C17H15BrN2O. The number of nitrogens with one attached hydrogen (secondary N) is 1. The highest BCUT2D eigenvalue weighted by atomic mass is 79.9. The number of benzene rings is 2. The number of nitrogens with zero attached hydrogens (tertiary/aromatic N) is 1. The minimum atomic E-state index is 0.642. The van der Waals surface area contributed by atoms with Crippen LogP contribution in [0.15, 0.2) is 59.2 Å². The topological polar surface area (TPSA) is 34.2 Å². The maximum Gasteiger partial charge on any atom is 0.223 e. The van der Waals surface area contributed by atoms with Crippen molar-refractivity contribution < 1.29 is 4.74 Å². The Bertz CT molecular complexity index is 774. The van der Waals surface area contributed by atoms with Gasteiger partial charge < -0.3 is 10.1 Å². The van der Waals surface area contributed by atoms with Gasteiger partial charge in [-0.1, -0.05) is 34.1 Å². The Morgan fingerprint density at radius 3 is 2.76 bits per heavy atom. The summed E-state index contributed by atoms with van der Waals surface area (Å²) in [6, 6.07) is 16.2. The van der Waals surface area contributed by atoms with E-state index in [1.807, 2.05) is 37.4 Å². The predicted octanol–water partition coefficient (Wildman–Crippen LogP) is 4.51. The summed E-state index contributed by atoms with van der Waals surface area (Å²) >= 11 is 3.48. The van der Waals surface area contributed by atoms with E-state index in [2.05, 4.69) is 44.4 Å². The van der Waals surface area contributed by atoms with Crippen LogP contribution in [0.4, 0.5) is 0 Å². The van der Waals surface area contributed by atoms with Crippen molar-refractivity contribution in [3.05, 3.63) is 64.8 Å². The monoisotopic (exact) mass is 342 g/mol. The first-order chi connectivity index (χ1) is 10.3. The Hall–Kier alpha value is -1.91. The molecule has 0 aliphatic rings. The minimum Gasteiger partial charge on any atom is -0.439 e. The summed E-state index contributed by atoms with van der Waals surface area (Å²) in [6.45, 7) is 0.726. The third-order valence-electron chi connectivity index (χ3n) is 3.21. The molecule has 3 rings (SSSR count). The number of hydrogen-bond acceptors (Lipinski definition) is 3. The second kappa shape index (κ2) is 6.24. The van der Waals surface area contributed by atoms with Gasteiger partial charge >= 0.3 is 0 Å². The molecule has 0 saturated carbocycles. The summed E-state index contributed by atoms with van der Waals surface area (Å²) in [6.07, 6.45) is 1.74. The van der Waals surface area contributed by atoms with Crippen molar-refractivity contribution in [2.45, 2.75) is 6.54 Å². The zero-order valence-electron chi connectivity index (χ0n) is 11.6. The number of aromatic nitrogens is 1. The first-order valence-electron chi connectivity index (χ1n) is 6.72. The van der Waals surface area contributed by atoms with E-state index in [0.29, 0.717) is 5.88 Å². The Balaban J connectivity index is 1.93. The summed E-state index contributed by atoms with van der Waals surface area (Å²) in [5, 5.41) is 5.44. The van der Waals surface area contributed by atoms with Crippen LogP contribution in [0, 0.1) is 0 Å². The molecule has 0 fully saturated rings. The first kappa shape index (κ1) is 14.0. The molecule has 1 heterocycles. The first-order valence-corrected chi connectivity index (χ1v) is 7.51. The number of fused-ring (bicyclic) bond motifs is 1. The lowest BCUT2D eigenvalue weighted by molar-refractivity contribution is 0.455. The number of ether oxygens (including phenoxy) is 1. The maximum atomic E-state index is 5.94. The van der Waals surface area contributed by atoms with Crippen LogP contribution in [-0.4, -0.2) is 12.0 Å². The molecule has 0 bridgehead atoms. The van der Waals surface area contributed by atoms with Crippen LogP contribution in [0.25, 0.3) is 10.8 Å². The van der Waals surface area contributed by atoms with Gasteiger partial charge in [-0.3, -0.25) is 0 Å². The van der Waals surface area contributed by atoms with Gasteiger partial charge in [0.1, 0.15) is 5.75 Å². The summed E-state index contributed by atoms with van der Waals surface area (Å²) in [4.78, 5) is 4.32. The molecule has 1 N–H and O–H groups in total. The average molecular weight is 343 g/mol. The third-order valence-corrected chi connectivity index (χ3v) is 3.70. The van der Waals surface area contributed by atoms with Crippen LogP contribution in [-0.2, 0) is 6.54 Å². The fourth-order valence-corrected chi connectivity index (χ4v) is 2.59. The molecule has 106 valence electrons. The average Bonchev–Trinajstić information content (AvgIpc) is 2.50. The molecule has 1 aromatic heterocycles. The SMILES string of the molecule is CNCc1cccnc1Oc1ccc2cc(Br)ccc2c1. The molecule has 4 heteroatoms. The lowest BCUT2D eigenvalue weighted by atomic mass is 10.1. The molecule has 0 aliphatic carbocycles. The second-order valence-corrected chi connectivity index (χ2v) is 5.67. The third kappa shape index (κ3) is 3.23. The van der Waals surface area contributed by atoms with E-state index in [0.717, 1.165) is 27.7 Å². The minimum absolute atomic E-state index is 0.642. The highest BCUT2D eigenvalue weighted by Gasteiger charge is 2.06. The van der Waals surface area contributed by atoms with Crippen LogP contribution < -0.4 is 10.1 Å². The van der Waals surface area contributed by atoms with Crippen LogP contribution in [0.2, 0.25) is 0 Å². The van der Waals surface area contributed by atoms with E-state index in [-0.39, 0.29) is 0 Å². The zero-order chi connectivity index (χ0) is 14.7. The smallest absolute Gasteiger partial charge is 0.223 e. The number of halogens is 1. The van der Waals surface area contributed by atoms with Crippen molar-refractivity contribution in [2.75, 3.05) is 7.05 Å². The Morgan fingerprint density at radius 2 is 1.90 bits per heavy atom. The van der Waals surface area contributed by atoms with Crippen molar-refractivity contribution in [3.63, 3.8) is 0 Å². The van der Waals surface area contributed by atoms with Gasteiger partial charge in [0.2, 0.25) is 5.88 Å². The Morgan fingerprint density at radius 1 is 1.10 bits per heavy atom. The molecule has 0 unspecified atom stereocenters. The molecule has 3 aromatic rings. The van der Waals surface area contributed by atoms with Crippen molar-refractivity contribution in [1.82, 2.24) is 10.3 Å². The van der Waals surface area contributed by atoms with Crippen molar-refractivity contribution >= 4 is 26.7 Å². The van der Waals surface area contributed by atoms with E-state index >= 15 is 0 Å². The lowest BCUT2D eigenvalue weighted by Crippen LogP contribution is -2.07. The maximum absolute atomic E-state index is 5.94. The summed E-state index contributed by atoms with van der Waals surface area (Å²) in [5.41, 5.74) is 1.04.